The van der Waals surface area contributed by atoms with Gasteiger partial charge in [-0.2, -0.15) is 5.10 Å². The summed E-state index contributed by atoms with van der Waals surface area (Å²) in [6, 6.07) is 3.43. The minimum absolute atomic E-state index is 0.0190. The van der Waals surface area contributed by atoms with E-state index in [2.05, 4.69) is 20.5 Å². The van der Waals surface area contributed by atoms with E-state index in [0.717, 1.165) is 10.9 Å². The van der Waals surface area contributed by atoms with Crippen LogP contribution in [0, 0.1) is 12.7 Å². The molecular formula is C17H20FN5O4S. The zero-order valence-corrected chi connectivity index (χ0v) is 16.1. The Balaban J connectivity index is 1.88. The highest BCUT2D eigenvalue weighted by atomic mass is 32.2. The Kier molecular flexibility index (Phi) is 5.47. The lowest BCUT2D eigenvalue weighted by molar-refractivity contribution is -0.119. The molecule has 0 saturated carbocycles. The number of amides is 1. The SMILES string of the molecule is Cc1c(F)cnn(C(C)C(=O)Nc2ccc3c(c2)S(=O)(=O)NCCCN3)c1=O. The zero-order chi connectivity index (χ0) is 20.5. The minimum atomic E-state index is -3.72. The molecule has 3 rings (SSSR count). The van der Waals surface area contributed by atoms with Crippen LogP contribution in [-0.2, 0) is 14.8 Å². The summed E-state index contributed by atoms with van der Waals surface area (Å²) in [6.07, 6.45) is 1.52. The molecular weight excluding hydrogens is 389 g/mol. The number of hydrogen-bond acceptors (Lipinski definition) is 6. The van der Waals surface area contributed by atoms with E-state index in [1.54, 1.807) is 12.1 Å². The van der Waals surface area contributed by atoms with Gasteiger partial charge in [-0.05, 0) is 38.5 Å². The predicted octanol–water partition coefficient (Wildman–Crippen LogP) is 0.984. The number of fused-ring (bicyclic) bond motifs is 1. The molecule has 3 N–H and O–H groups in total. The van der Waals surface area contributed by atoms with Gasteiger partial charge in [0.1, 0.15) is 10.9 Å². The Morgan fingerprint density at radius 3 is 2.86 bits per heavy atom. The van der Waals surface area contributed by atoms with Crippen molar-refractivity contribution in [3.05, 3.63) is 46.1 Å². The van der Waals surface area contributed by atoms with Crippen molar-refractivity contribution >= 4 is 27.3 Å². The van der Waals surface area contributed by atoms with E-state index in [9.17, 15) is 22.4 Å². The smallest absolute Gasteiger partial charge is 0.273 e. The molecule has 2 aromatic rings. The van der Waals surface area contributed by atoms with Crippen molar-refractivity contribution in [1.29, 1.82) is 0 Å². The quantitative estimate of drug-likeness (QED) is 0.695. The maximum atomic E-state index is 13.4. The van der Waals surface area contributed by atoms with Gasteiger partial charge in [-0.15, -0.1) is 0 Å². The Hall–Kier alpha value is -2.79. The highest BCUT2D eigenvalue weighted by molar-refractivity contribution is 7.89. The fourth-order valence-corrected chi connectivity index (χ4v) is 4.01. The number of carbonyl (C=O) groups excluding carboxylic acids is 1. The molecule has 1 aliphatic rings. The third-order valence-electron chi connectivity index (χ3n) is 4.43. The molecule has 1 amide bonds. The third kappa shape index (κ3) is 3.90. The first kappa shape index (κ1) is 20.0. The topological polar surface area (TPSA) is 122 Å². The molecule has 0 bridgehead atoms. The van der Waals surface area contributed by atoms with Gasteiger partial charge in [0.15, 0.2) is 5.82 Å². The van der Waals surface area contributed by atoms with Crippen molar-refractivity contribution in [3.63, 3.8) is 0 Å². The number of sulfonamides is 1. The highest BCUT2D eigenvalue weighted by Crippen LogP contribution is 2.26. The maximum Gasteiger partial charge on any atom is 0.273 e. The molecule has 0 fully saturated rings. The average molecular weight is 409 g/mol. The molecule has 1 atom stereocenters. The number of anilines is 2. The number of nitrogens with zero attached hydrogens (tertiary/aromatic N) is 2. The van der Waals surface area contributed by atoms with Crippen LogP contribution < -0.4 is 20.9 Å². The molecule has 0 saturated heterocycles. The number of halogens is 1. The van der Waals surface area contributed by atoms with E-state index in [1.165, 1.54) is 19.9 Å². The van der Waals surface area contributed by atoms with Gasteiger partial charge in [-0.1, -0.05) is 0 Å². The second-order valence-corrected chi connectivity index (χ2v) is 8.16. The van der Waals surface area contributed by atoms with E-state index in [0.29, 0.717) is 25.2 Å². The predicted molar refractivity (Wildman–Crippen MR) is 101 cm³/mol. The van der Waals surface area contributed by atoms with Gasteiger partial charge < -0.3 is 10.6 Å². The van der Waals surface area contributed by atoms with Crippen molar-refractivity contribution in [2.24, 2.45) is 0 Å². The average Bonchev–Trinajstić information content (AvgIpc) is 2.65. The molecule has 0 aliphatic carbocycles. The van der Waals surface area contributed by atoms with E-state index >= 15 is 0 Å². The van der Waals surface area contributed by atoms with Crippen LogP contribution in [0.3, 0.4) is 0 Å². The van der Waals surface area contributed by atoms with Gasteiger partial charge in [0, 0.05) is 18.8 Å². The summed E-state index contributed by atoms with van der Waals surface area (Å²) >= 11 is 0. The van der Waals surface area contributed by atoms with E-state index in [1.807, 2.05) is 0 Å². The lowest BCUT2D eigenvalue weighted by Gasteiger charge is -2.19. The van der Waals surface area contributed by atoms with E-state index < -0.39 is 33.3 Å². The number of carbonyl (C=O) groups is 1. The molecule has 0 spiro atoms. The highest BCUT2D eigenvalue weighted by Gasteiger charge is 2.23. The molecule has 11 heteroatoms. The Morgan fingerprint density at radius 2 is 2.11 bits per heavy atom. The van der Waals surface area contributed by atoms with E-state index in [-0.39, 0.29) is 16.1 Å². The van der Waals surface area contributed by atoms with Crippen molar-refractivity contribution < 1.29 is 17.6 Å². The maximum absolute atomic E-state index is 13.4. The first-order valence-corrected chi connectivity index (χ1v) is 10.1. The third-order valence-corrected chi connectivity index (χ3v) is 5.93. The molecule has 1 aromatic carbocycles. The number of aromatic nitrogens is 2. The first-order chi connectivity index (χ1) is 13.2. The second-order valence-electron chi connectivity index (χ2n) is 6.42. The summed E-state index contributed by atoms with van der Waals surface area (Å²) in [4.78, 5) is 24.7. The summed E-state index contributed by atoms with van der Waals surface area (Å²) in [5, 5.41) is 9.29. The van der Waals surface area contributed by atoms with Gasteiger partial charge in [0.05, 0.1) is 17.4 Å². The van der Waals surface area contributed by atoms with Crippen molar-refractivity contribution in [2.75, 3.05) is 23.7 Å². The second kappa shape index (κ2) is 7.68. The van der Waals surface area contributed by atoms with Crippen molar-refractivity contribution in [2.45, 2.75) is 31.2 Å². The van der Waals surface area contributed by atoms with Gasteiger partial charge in [-0.25, -0.2) is 22.2 Å². The van der Waals surface area contributed by atoms with Crippen LogP contribution in [0.5, 0.6) is 0 Å². The van der Waals surface area contributed by atoms with Gasteiger partial charge >= 0.3 is 0 Å². The number of nitrogens with one attached hydrogen (secondary N) is 3. The number of benzene rings is 1. The van der Waals surface area contributed by atoms with Crippen LogP contribution in [0.4, 0.5) is 15.8 Å². The fourth-order valence-electron chi connectivity index (χ4n) is 2.73. The fraction of sp³-hybridized carbons (Fsp3) is 0.353. The van der Waals surface area contributed by atoms with Crippen molar-refractivity contribution in [3.8, 4) is 0 Å². The lowest BCUT2D eigenvalue weighted by Crippen LogP contribution is -2.35. The zero-order valence-electron chi connectivity index (χ0n) is 15.3. The number of rotatable bonds is 3. The first-order valence-electron chi connectivity index (χ1n) is 8.63. The monoisotopic (exact) mass is 409 g/mol. The summed E-state index contributed by atoms with van der Waals surface area (Å²) < 4.78 is 41.6. The molecule has 2 heterocycles. The Bertz CT molecular complexity index is 1080. The number of hydrogen-bond donors (Lipinski definition) is 3. The summed E-state index contributed by atoms with van der Waals surface area (Å²) in [7, 11) is -3.72. The Morgan fingerprint density at radius 1 is 1.36 bits per heavy atom. The molecule has 9 nitrogen and oxygen atoms in total. The van der Waals surface area contributed by atoms with Crippen LogP contribution >= 0.6 is 0 Å². The standard InChI is InChI=1S/C17H20FN5O4S/c1-10-13(18)9-20-23(17(10)25)11(2)16(24)22-12-4-5-14-15(8-12)28(26,27)21-7-3-6-19-14/h4-5,8-9,11,19,21H,3,6-7H2,1-2H3,(H,22,24). The normalized spacial score (nSPS) is 16.8. The van der Waals surface area contributed by atoms with Gasteiger partial charge in [-0.3, -0.25) is 9.59 Å². The largest absolute Gasteiger partial charge is 0.384 e. The van der Waals surface area contributed by atoms with Crippen LogP contribution in [0.25, 0.3) is 0 Å². The van der Waals surface area contributed by atoms with Crippen molar-refractivity contribution in [1.82, 2.24) is 14.5 Å². The molecule has 150 valence electrons. The van der Waals surface area contributed by atoms with Crippen LogP contribution in [0.15, 0.2) is 34.1 Å². The summed E-state index contributed by atoms with van der Waals surface area (Å²) in [6.45, 7) is 3.66. The van der Waals surface area contributed by atoms with Crippen LogP contribution in [0.1, 0.15) is 24.9 Å². The van der Waals surface area contributed by atoms with Gasteiger partial charge in [0.2, 0.25) is 15.9 Å². The molecule has 28 heavy (non-hydrogen) atoms. The summed E-state index contributed by atoms with van der Waals surface area (Å²) in [5.41, 5.74) is -0.170. The molecule has 1 unspecified atom stereocenters. The van der Waals surface area contributed by atoms with Crippen LogP contribution in [-0.4, -0.2) is 37.2 Å². The van der Waals surface area contributed by atoms with Crippen LogP contribution in [0.2, 0.25) is 0 Å². The van der Waals surface area contributed by atoms with E-state index in [4.69, 9.17) is 0 Å². The molecule has 1 aromatic heterocycles. The Labute approximate surface area is 161 Å². The summed E-state index contributed by atoms with van der Waals surface area (Å²) in [5.74, 6) is -1.34. The minimum Gasteiger partial charge on any atom is -0.384 e. The van der Waals surface area contributed by atoms with Gasteiger partial charge in [0.25, 0.3) is 5.56 Å². The molecule has 0 radical (unpaired) electrons. The molecule has 1 aliphatic heterocycles. The lowest BCUT2D eigenvalue weighted by atomic mass is 10.2.